The molecule has 0 atom stereocenters. The van der Waals surface area contributed by atoms with Crippen molar-refractivity contribution in [3.63, 3.8) is 0 Å². The third kappa shape index (κ3) is 8.30. The van der Waals surface area contributed by atoms with Crippen molar-refractivity contribution in [1.29, 1.82) is 0 Å². The lowest BCUT2D eigenvalue weighted by atomic mass is 10.00. The highest BCUT2D eigenvalue weighted by molar-refractivity contribution is 6.00. The quantitative estimate of drug-likeness (QED) is 0.356. The number of hydrogen-bond acceptors (Lipinski definition) is 6. The number of carbonyl (C=O) groups excluding carboxylic acids is 1. The highest BCUT2D eigenvalue weighted by Gasteiger charge is 2.29. The first-order valence-corrected chi connectivity index (χ1v) is 12.2. The Morgan fingerprint density at radius 3 is 2.56 bits per heavy atom. The zero-order chi connectivity index (χ0) is 26.0. The molecule has 2 aromatic carbocycles. The van der Waals surface area contributed by atoms with Gasteiger partial charge >= 0.3 is 6.18 Å². The third-order valence-corrected chi connectivity index (χ3v) is 5.77. The number of para-hydroxylation sites is 2. The minimum absolute atomic E-state index is 0.0545. The van der Waals surface area contributed by atoms with Crippen LogP contribution in [0.15, 0.2) is 36.4 Å². The Balaban J connectivity index is 1.47. The number of nitrogens with zero attached hydrogens (tertiary/aromatic N) is 1. The number of fused-ring (bicyclic) bond motifs is 1. The lowest BCUT2D eigenvalue weighted by Crippen LogP contribution is -2.26. The molecule has 198 valence electrons. The van der Waals surface area contributed by atoms with E-state index in [0.717, 1.165) is 42.7 Å². The normalized spacial score (nSPS) is 13.1. The molecular weight excluding hydrogens is 475 g/mol. The van der Waals surface area contributed by atoms with E-state index in [1.807, 2.05) is 13.0 Å². The van der Waals surface area contributed by atoms with Crippen LogP contribution in [0.3, 0.4) is 0 Å². The van der Waals surface area contributed by atoms with Gasteiger partial charge in [0.05, 0.1) is 11.3 Å². The Bertz CT molecular complexity index is 1000. The largest absolute Gasteiger partial charge is 0.488 e. The zero-order valence-corrected chi connectivity index (χ0v) is 20.5. The van der Waals surface area contributed by atoms with E-state index in [-0.39, 0.29) is 18.1 Å². The van der Waals surface area contributed by atoms with E-state index in [0.29, 0.717) is 38.3 Å². The first-order chi connectivity index (χ1) is 17.3. The van der Waals surface area contributed by atoms with Crippen LogP contribution in [0.4, 0.5) is 18.9 Å². The molecule has 2 aromatic rings. The highest BCUT2D eigenvalue weighted by atomic mass is 19.4. The van der Waals surface area contributed by atoms with Crippen molar-refractivity contribution in [3.8, 4) is 11.5 Å². The number of anilines is 1. The van der Waals surface area contributed by atoms with Gasteiger partial charge in [-0.3, -0.25) is 4.79 Å². The lowest BCUT2D eigenvalue weighted by molar-refractivity contribution is -0.153. The molecule has 0 fully saturated rings. The fourth-order valence-corrected chi connectivity index (χ4v) is 4.19. The fraction of sp³-hybridized carbons (Fsp3) is 0.500. The van der Waals surface area contributed by atoms with Crippen LogP contribution in [0, 0.1) is 0 Å². The predicted molar refractivity (Wildman–Crippen MR) is 132 cm³/mol. The molecule has 36 heavy (non-hydrogen) atoms. The van der Waals surface area contributed by atoms with E-state index in [2.05, 4.69) is 16.3 Å². The summed E-state index contributed by atoms with van der Waals surface area (Å²) in [6.45, 7) is 5.05. The second-order valence-electron chi connectivity index (χ2n) is 8.50. The van der Waals surface area contributed by atoms with E-state index in [9.17, 15) is 18.0 Å². The number of primary amides is 1. The maximum Gasteiger partial charge on any atom is 0.422 e. The molecule has 0 spiro atoms. The Morgan fingerprint density at radius 1 is 1.11 bits per heavy atom. The van der Waals surface area contributed by atoms with Crippen LogP contribution in [-0.2, 0) is 17.6 Å². The van der Waals surface area contributed by atoms with Crippen molar-refractivity contribution in [2.24, 2.45) is 5.73 Å². The number of amides is 1. The Labute approximate surface area is 209 Å². The maximum atomic E-state index is 12.4. The number of nitrogens with two attached hydrogens (primary N) is 1. The standard InChI is InChI=1S/C26H34F3N3O4/c1-2-34-14-5-12-32-13-9-20-16-19(17-21(24(20)32)25(30)33)8-10-31-11-15-35-22-6-3-4-7-23(22)36-18-26(27,28)29/h3-4,6-7,16-17,31H,2,5,8-15,18H2,1H3,(H2,30,33). The number of halogens is 3. The topological polar surface area (TPSA) is 86.1 Å². The minimum atomic E-state index is -4.41. The Kier molecular flexibility index (Phi) is 10.2. The summed E-state index contributed by atoms with van der Waals surface area (Å²) in [5.74, 6) is -0.115. The van der Waals surface area contributed by atoms with Crippen LogP contribution >= 0.6 is 0 Å². The summed E-state index contributed by atoms with van der Waals surface area (Å²) in [4.78, 5) is 14.4. The van der Waals surface area contributed by atoms with Crippen LogP contribution in [0.2, 0.25) is 0 Å². The third-order valence-electron chi connectivity index (χ3n) is 5.77. The van der Waals surface area contributed by atoms with Crippen molar-refractivity contribution < 1.29 is 32.2 Å². The van der Waals surface area contributed by atoms with E-state index in [1.54, 1.807) is 18.2 Å². The molecule has 0 aromatic heterocycles. The molecule has 1 amide bonds. The van der Waals surface area contributed by atoms with E-state index in [4.69, 9.17) is 19.9 Å². The molecule has 7 nitrogen and oxygen atoms in total. The van der Waals surface area contributed by atoms with Crippen LogP contribution in [0.1, 0.15) is 34.8 Å². The smallest absolute Gasteiger partial charge is 0.422 e. The van der Waals surface area contributed by atoms with Gasteiger partial charge in [-0.25, -0.2) is 0 Å². The van der Waals surface area contributed by atoms with Gasteiger partial charge in [-0.15, -0.1) is 0 Å². The number of hydrogen-bond donors (Lipinski definition) is 2. The van der Waals surface area contributed by atoms with Gasteiger partial charge in [0.15, 0.2) is 18.1 Å². The van der Waals surface area contributed by atoms with Crippen LogP contribution in [-0.4, -0.2) is 64.7 Å². The van der Waals surface area contributed by atoms with Crippen LogP contribution in [0.5, 0.6) is 11.5 Å². The summed E-state index contributed by atoms with van der Waals surface area (Å²) in [7, 11) is 0. The SMILES string of the molecule is CCOCCCN1CCc2cc(CCNCCOc3ccccc3OCC(F)(F)F)cc(C(N)=O)c21. The second kappa shape index (κ2) is 13.4. The first-order valence-electron chi connectivity index (χ1n) is 12.2. The molecule has 1 aliphatic rings. The number of carbonyl (C=O) groups is 1. The van der Waals surface area contributed by atoms with Crippen LogP contribution < -0.4 is 25.4 Å². The zero-order valence-electron chi connectivity index (χ0n) is 20.5. The summed E-state index contributed by atoms with van der Waals surface area (Å²) in [6, 6.07) is 10.3. The Morgan fingerprint density at radius 2 is 1.86 bits per heavy atom. The van der Waals surface area contributed by atoms with Gasteiger partial charge in [0, 0.05) is 32.8 Å². The van der Waals surface area contributed by atoms with E-state index in [1.165, 1.54) is 6.07 Å². The second-order valence-corrected chi connectivity index (χ2v) is 8.50. The summed E-state index contributed by atoms with van der Waals surface area (Å²) < 4.78 is 53.1. The number of alkyl halides is 3. The van der Waals surface area contributed by atoms with Crippen molar-refractivity contribution in [3.05, 3.63) is 53.1 Å². The lowest BCUT2D eigenvalue weighted by Gasteiger charge is -2.22. The van der Waals surface area contributed by atoms with Gasteiger partial charge in [0.1, 0.15) is 6.61 Å². The van der Waals surface area contributed by atoms with Gasteiger partial charge in [0.2, 0.25) is 0 Å². The summed E-state index contributed by atoms with van der Waals surface area (Å²) in [6.07, 6.45) is -1.96. The first kappa shape index (κ1) is 27.6. The van der Waals surface area contributed by atoms with Gasteiger partial charge in [0.25, 0.3) is 5.91 Å². The van der Waals surface area contributed by atoms with Gasteiger partial charge in [-0.2, -0.15) is 13.2 Å². The molecule has 1 heterocycles. The van der Waals surface area contributed by atoms with Crippen molar-refractivity contribution in [2.75, 3.05) is 57.5 Å². The molecule has 0 radical (unpaired) electrons. The maximum absolute atomic E-state index is 12.4. The minimum Gasteiger partial charge on any atom is -0.488 e. The highest BCUT2D eigenvalue weighted by Crippen LogP contribution is 2.33. The molecule has 0 bridgehead atoms. The fourth-order valence-electron chi connectivity index (χ4n) is 4.19. The van der Waals surface area contributed by atoms with Crippen molar-refractivity contribution in [2.45, 2.75) is 32.4 Å². The number of ether oxygens (including phenoxy) is 3. The molecule has 1 aliphatic heterocycles. The number of rotatable bonds is 15. The van der Waals surface area contributed by atoms with Gasteiger partial charge in [-0.1, -0.05) is 18.2 Å². The number of nitrogens with one attached hydrogen (secondary N) is 1. The molecule has 0 aliphatic carbocycles. The van der Waals surface area contributed by atoms with E-state index < -0.39 is 18.7 Å². The molecule has 10 heteroatoms. The van der Waals surface area contributed by atoms with E-state index >= 15 is 0 Å². The Hall–Kier alpha value is -2.98. The average Bonchev–Trinajstić information content (AvgIpc) is 3.25. The molecular formula is C26H34F3N3O4. The van der Waals surface area contributed by atoms with Gasteiger partial charge < -0.3 is 30.2 Å². The molecule has 3 N–H and O–H groups in total. The summed E-state index contributed by atoms with van der Waals surface area (Å²) in [5.41, 5.74) is 9.36. The summed E-state index contributed by atoms with van der Waals surface area (Å²) >= 11 is 0. The number of benzene rings is 2. The van der Waals surface area contributed by atoms with Crippen molar-refractivity contribution in [1.82, 2.24) is 5.32 Å². The monoisotopic (exact) mass is 509 g/mol. The molecule has 3 rings (SSSR count). The van der Waals surface area contributed by atoms with Gasteiger partial charge in [-0.05, 0) is 62.1 Å². The molecule has 0 saturated heterocycles. The van der Waals surface area contributed by atoms with Crippen molar-refractivity contribution >= 4 is 11.6 Å². The predicted octanol–water partition coefficient (Wildman–Crippen LogP) is 3.73. The summed E-state index contributed by atoms with van der Waals surface area (Å²) in [5, 5.41) is 3.26. The average molecular weight is 510 g/mol. The molecule has 0 saturated carbocycles. The molecule has 0 unspecified atom stereocenters. The van der Waals surface area contributed by atoms with Crippen LogP contribution in [0.25, 0.3) is 0 Å².